The maximum Gasteiger partial charge on any atom is 0.341 e. The summed E-state index contributed by atoms with van der Waals surface area (Å²) in [4.78, 5) is 51.2. The quantitative estimate of drug-likeness (QED) is 0.497. The van der Waals surface area contributed by atoms with Gasteiger partial charge in [-0.05, 0) is 49.8 Å². The molecule has 3 rings (SSSR count). The predicted octanol–water partition coefficient (Wildman–Crippen LogP) is 4.00. The van der Waals surface area contributed by atoms with Crippen molar-refractivity contribution in [2.24, 2.45) is 5.92 Å². The Morgan fingerprint density at radius 2 is 1.85 bits per heavy atom. The number of fused-ring (bicyclic) bond motifs is 1. The van der Waals surface area contributed by atoms with Crippen molar-refractivity contribution in [3.05, 3.63) is 50.9 Å². The van der Waals surface area contributed by atoms with Gasteiger partial charge in [0, 0.05) is 4.88 Å². The molecule has 1 heterocycles. The molecule has 0 saturated carbocycles. The SMILES string of the molecule is CCOC(=O)c1c(NC(=O)COC(=O)[C@@H](NC(=O)c2ccccc2Cl)C(C)C)sc2c1CCC2. The Labute approximate surface area is 207 Å². The molecular formula is C24H27ClN2O6S. The Morgan fingerprint density at radius 3 is 2.53 bits per heavy atom. The van der Waals surface area contributed by atoms with Crippen LogP contribution in [0, 0.1) is 5.92 Å². The van der Waals surface area contributed by atoms with E-state index in [2.05, 4.69) is 10.6 Å². The fourth-order valence-electron chi connectivity index (χ4n) is 3.66. The third kappa shape index (κ3) is 5.95. The van der Waals surface area contributed by atoms with Crippen molar-refractivity contribution < 1.29 is 28.7 Å². The van der Waals surface area contributed by atoms with Crippen LogP contribution in [0.25, 0.3) is 0 Å². The van der Waals surface area contributed by atoms with Gasteiger partial charge in [-0.3, -0.25) is 9.59 Å². The molecule has 2 aromatic rings. The fraction of sp³-hybridized carbons (Fsp3) is 0.417. The first kappa shape index (κ1) is 25.7. The third-order valence-electron chi connectivity index (χ3n) is 5.33. The number of esters is 2. The van der Waals surface area contributed by atoms with Gasteiger partial charge in [-0.15, -0.1) is 11.3 Å². The van der Waals surface area contributed by atoms with E-state index in [1.165, 1.54) is 11.3 Å². The Morgan fingerprint density at radius 1 is 1.12 bits per heavy atom. The van der Waals surface area contributed by atoms with Crippen molar-refractivity contribution >= 4 is 51.7 Å². The fourth-order valence-corrected chi connectivity index (χ4v) is 5.18. The smallest absolute Gasteiger partial charge is 0.341 e. The van der Waals surface area contributed by atoms with Gasteiger partial charge in [-0.2, -0.15) is 0 Å². The van der Waals surface area contributed by atoms with Crippen LogP contribution in [0.5, 0.6) is 0 Å². The predicted molar refractivity (Wildman–Crippen MR) is 129 cm³/mol. The highest BCUT2D eigenvalue weighted by atomic mass is 35.5. The van der Waals surface area contributed by atoms with Gasteiger partial charge in [-0.1, -0.05) is 37.6 Å². The lowest BCUT2D eigenvalue weighted by atomic mass is 10.0. The number of halogens is 1. The van der Waals surface area contributed by atoms with Gasteiger partial charge in [0.15, 0.2) is 6.61 Å². The molecule has 1 aromatic heterocycles. The highest BCUT2D eigenvalue weighted by molar-refractivity contribution is 7.17. The number of thiophene rings is 1. The van der Waals surface area contributed by atoms with Gasteiger partial charge in [0.1, 0.15) is 11.0 Å². The molecule has 1 atom stereocenters. The topological polar surface area (TPSA) is 111 Å². The van der Waals surface area contributed by atoms with Crippen LogP contribution >= 0.6 is 22.9 Å². The van der Waals surface area contributed by atoms with Crippen LogP contribution in [0.2, 0.25) is 5.02 Å². The number of amides is 2. The van der Waals surface area contributed by atoms with E-state index in [1.54, 1.807) is 45.0 Å². The van der Waals surface area contributed by atoms with E-state index in [0.29, 0.717) is 10.6 Å². The molecule has 34 heavy (non-hydrogen) atoms. The Kier molecular flexibility index (Phi) is 8.68. The second-order valence-electron chi connectivity index (χ2n) is 8.11. The zero-order valence-corrected chi connectivity index (χ0v) is 20.8. The van der Waals surface area contributed by atoms with Gasteiger partial charge in [0.25, 0.3) is 11.8 Å². The molecule has 0 bridgehead atoms. The molecule has 0 saturated heterocycles. The molecule has 1 aliphatic rings. The minimum absolute atomic E-state index is 0.227. The molecule has 0 aliphatic heterocycles. The Bertz CT molecular complexity index is 1100. The zero-order chi connectivity index (χ0) is 24.8. The highest BCUT2D eigenvalue weighted by Crippen LogP contribution is 2.39. The second kappa shape index (κ2) is 11.5. The first-order valence-corrected chi connectivity index (χ1v) is 12.3. The average Bonchev–Trinajstić information content (AvgIpc) is 3.36. The lowest BCUT2D eigenvalue weighted by Gasteiger charge is -2.21. The molecule has 0 radical (unpaired) electrons. The summed E-state index contributed by atoms with van der Waals surface area (Å²) in [5.41, 5.74) is 1.53. The van der Waals surface area contributed by atoms with E-state index in [1.807, 2.05) is 0 Å². The van der Waals surface area contributed by atoms with E-state index in [9.17, 15) is 19.2 Å². The van der Waals surface area contributed by atoms with E-state index in [4.69, 9.17) is 21.1 Å². The number of aryl methyl sites for hydroxylation is 1. The van der Waals surface area contributed by atoms with Crippen LogP contribution in [0.3, 0.4) is 0 Å². The van der Waals surface area contributed by atoms with Gasteiger partial charge in [-0.25, -0.2) is 9.59 Å². The first-order valence-electron chi connectivity index (χ1n) is 11.1. The largest absolute Gasteiger partial charge is 0.462 e. The van der Waals surface area contributed by atoms with Crippen molar-refractivity contribution in [1.82, 2.24) is 5.32 Å². The molecule has 1 aromatic carbocycles. The average molecular weight is 507 g/mol. The summed E-state index contributed by atoms with van der Waals surface area (Å²) in [7, 11) is 0. The minimum Gasteiger partial charge on any atom is -0.462 e. The zero-order valence-electron chi connectivity index (χ0n) is 19.2. The van der Waals surface area contributed by atoms with Gasteiger partial charge >= 0.3 is 11.9 Å². The molecule has 1 aliphatic carbocycles. The number of benzene rings is 1. The van der Waals surface area contributed by atoms with E-state index < -0.39 is 36.4 Å². The number of nitrogens with one attached hydrogen (secondary N) is 2. The van der Waals surface area contributed by atoms with Crippen molar-refractivity contribution in [2.45, 2.75) is 46.1 Å². The first-order chi connectivity index (χ1) is 16.2. The van der Waals surface area contributed by atoms with Crippen molar-refractivity contribution in [3.63, 3.8) is 0 Å². The molecule has 10 heteroatoms. The lowest BCUT2D eigenvalue weighted by Crippen LogP contribution is -2.46. The lowest BCUT2D eigenvalue weighted by molar-refractivity contribution is -0.150. The molecule has 2 N–H and O–H groups in total. The molecule has 0 spiro atoms. The number of ether oxygens (including phenoxy) is 2. The Hall–Kier alpha value is -2.91. The maximum absolute atomic E-state index is 12.6. The Balaban J connectivity index is 1.63. The van der Waals surface area contributed by atoms with Crippen LogP contribution in [-0.2, 0) is 31.9 Å². The molecule has 0 fully saturated rings. The number of anilines is 1. The molecule has 0 unspecified atom stereocenters. The summed E-state index contributed by atoms with van der Waals surface area (Å²) in [6, 6.07) is 5.51. The monoisotopic (exact) mass is 506 g/mol. The number of rotatable bonds is 9. The molecule has 182 valence electrons. The number of hydrogen-bond donors (Lipinski definition) is 2. The van der Waals surface area contributed by atoms with Crippen LogP contribution in [-0.4, -0.2) is 43.0 Å². The van der Waals surface area contributed by atoms with Crippen LogP contribution < -0.4 is 10.6 Å². The van der Waals surface area contributed by atoms with Crippen molar-refractivity contribution in [1.29, 1.82) is 0 Å². The molecule has 2 amide bonds. The molecule has 8 nitrogen and oxygen atoms in total. The maximum atomic E-state index is 12.6. The normalized spacial score (nSPS) is 13.2. The number of hydrogen-bond acceptors (Lipinski definition) is 7. The molecular weight excluding hydrogens is 480 g/mol. The highest BCUT2D eigenvalue weighted by Gasteiger charge is 2.30. The second-order valence-corrected chi connectivity index (χ2v) is 9.63. The van der Waals surface area contributed by atoms with E-state index >= 15 is 0 Å². The summed E-state index contributed by atoms with van der Waals surface area (Å²) >= 11 is 7.40. The van der Waals surface area contributed by atoms with Crippen molar-refractivity contribution in [3.8, 4) is 0 Å². The number of carbonyl (C=O) groups excluding carboxylic acids is 4. The summed E-state index contributed by atoms with van der Waals surface area (Å²) in [6.07, 6.45) is 2.56. The van der Waals surface area contributed by atoms with Gasteiger partial charge in [0.05, 0.1) is 22.8 Å². The minimum atomic E-state index is -0.975. The van der Waals surface area contributed by atoms with Crippen LogP contribution in [0.4, 0.5) is 5.00 Å². The van der Waals surface area contributed by atoms with Crippen LogP contribution in [0.15, 0.2) is 24.3 Å². The van der Waals surface area contributed by atoms with E-state index in [0.717, 1.165) is 29.7 Å². The summed E-state index contributed by atoms with van der Waals surface area (Å²) in [5, 5.41) is 5.96. The number of carbonyl (C=O) groups is 4. The third-order valence-corrected chi connectivity index (χ3v) is 6.86. The van der Waals surface area contributed by atoms with Gasteiger partial charge in [0.2, 0.25) is 0 Å². The van der Waals surface area contributed by atoms with Crippen LogP contribution in [0.1, 0.15) is 58.3 Å². The van der Waals surface area contributed by atoms with Crippen molar-refractivity contribution in [2.75, 3.05) is 18.5 Å². The van der Waals surface area contributed by atoms with E-state index in [-0.39, 0.29) is 23.1 Å². The summed E-state index contributed by atoms with van der Waals surface area (Å²) in [5.74, 6) is -2.62. The standard InChI is InChI=1S/C24H27ClN2O6S/c1-4-32-23(30)19-15-9-7-11-17(15)34-22(19)26-18(28)12-33-24(31)20(13(2)3)27-21(29)14-8-5-6-10-16(14)25/h5-6,8,10,13,20H,4,7,9,11-12H2,1-3H3,(H,26,28)(H,27,29)/t20-/m0/s1. The summed E-state index contributed by atoms with van der Waals surface area (Å²) < 4.78 is 10.3. The summed E-state index contributed by atoms with van der Waals surface area (Å²) in [6.45, 7) is 4.88. The van der Waals surface area contributed by atoms with Gasteiger partial charge < -0.3 is 20.1 Å².